The van der Waals surface area contributed by atoms with Crippen LogP contribution in [-0.4, -0.2) is 43.8 Å². The van der Waals surface area contributed by atoms with Crippen LogP contribution in [0.1, 0.15) is 29.7 Å². The molecule has 3 heterocycles. The molecule has 1 aliphatic carbocycles. The minimum atomic E-state index is -0.462. The van der Waals surface area contributed by atoms with Crippen LogP contribution in [0.4, 0.5) is 5.82 Å². The summed E-state index contributed by atoms with van der Waals surface area (Å²) in [6.07, 6.45) is 3.71. The van der Waals surface area contributed by atoms with Crippen molar-refractivity contribution in [2.75, 3.05) is 18.0 Å². The average Bonchev–Trinajstić information content (AvgIpc) is 3.33. The molecule has 0 saturated carbocycles. The Labute approximate surface area is 173 Å². The molecule has 4 aromatic rings. The highest BCUT2D eigenvalue weighted by Crippen LogP contribution is 2.42. The lowest BCUT2D eigenvalue weighted by Crippen LogP contribution is -2.54. The van der Waals surface area contributed by atoms with Crippen LogP contribution in [0.3, 0.4) is 0 Å². The molecule has 2 unspecified atom stereocenters. The summed E-state index contributed by atoms with van der Waals surface area (Å²) >= 11 is 0. The second kappa shape index (κ2) is 6.81. The van der Waals surface area contributed by atoms with Gasteiger partial charge in [-0.05, 0) is 23.3 Å². The predicted molar refractivity (Wildman–Crippen MR) is 113 cm³/mol. The number of nitrogens with zero attached hydrogens (tertiary/aromatic N) is 5. The zero-order valence-electron chi connectivity index (χ0n) is 16.3. The van der Waals surface area contributed by atoms with Crippen LogP contribution in [0, 0.1) is 0 Å². The fourth-order valence-corrected chi connectivity index (χ4v) is 4.52. The molecule has 1 N–H and O–H groups in total. The fourth-order valence-electron chi connectivity index (χ4n) is 4.52. The highest BCUT2D eigenvalue weighted by Gasteiger charge is 2.34. The van der Waals surface area contributed by atoms with Crippen molar-refractivity contribution in [3.63, 3.8) is 0 Å². The molecular formula is C23H21N5O2. The second-order valence-electron chi connectivity index (χ2n) is 7.88. The number of ether oxygens (including phenoxy) is 1. The molecule has 2 aromatic heterocycles. The van der Waals surface area contributed by atoms with E-state index in [0.29, 0.717) is 6.42 Å². The molecule has 2 aromatic carbocycles. The zero-order chi connectivity index (χ0) is 20.1. The maximum Gasteiger partial charge on any atom is 0.166 e. The number of fused-ring (bicyclic) bond motifs is 2. The van der Waals surface area contributed by atoms with Gasteiger partial charge in [-0.3, -0.25) is 0 Å². The van der Waals surface area contributed by atoms with E-state index in [1.54, 1.807) is 6.33 Å². The van der Waals surface area contributed by atoms with Crippen molar-refractivity contribution in [1.29, 1.82) is 0 Å². The molecule has 7 heteroatoms. The van der Waals surface area contributed by atoms with E-state index >= 15 is 0 Å². The highest BCUT2D eigenvalue weighted by atomic mass is 16.5. The van der Waals surface area contributed by atoms with Gasteiger partial charge in [-0.2, -0.15) is 0 Å². The van der Waals surface area contributed by atoms with E-state index in [1.165, 1.54) is 0 Å². The third kappa shape index (κ3) is 2.74. The maximum absolute atomic E-state index is 10.5. The number of rotatable bonds is 4. The number of imidazole rings is 1. The Morgan fingerprint density at radius 2 is 1.67 bits per heavy atom. The number of hydrogen-bond donors (Lipinski definition) is 1. The summed E-state index contributed by atoms with van der Waals surface area (Å²) in [7, 11) is 0. The Kier molecular flexibility index (Phi) is 3.95. The summed E-state index contributed by atoms with van der Waals surface area (Å²) in [5, 5.41) is 10.5. The fraction of sp³-hybridized carbons (Fsp3) is 0.261. The van der Waals surface area contributed by atoms with E-state index in [2.05, 4.69) is 30.5 Å². The van der Waals surface area contributed by atoms with Gasteiger partial charge in [-0.25, -0.2) is 15.0 Å². The number of aliphatic hydroxyl groups is 1. The molecule has 0 radical (unpaired) electrons. The first-order valence-electron chi connectivity index (χ1n) is 10.2. The van der Waals surface area contributed by atoms with Gasteiger partial charge in [-0.1, -0.05) is 42.5 Å². The van der Waals surface area contributed by atoms with Crippen molar-refractivity contribution in [3.8, 4) is 5.75 Å². The third-order valence-electron chi connectivity index (χ3n) is 6.03. The number of aromatic nitrogens is 4. The number of hydrogen-bond acceptors (Lipinski definition) is 6. The van der Waals surface area contributed by atoms with Crippen molar-refractivity contribution in [3.05, 3.63) is 78.4 Å². The quantitative estimate of drug-likeness (QED) is 0.568. The maximum atomic E-state index is 10.5. The molecule has 7 nitrogen and oxygen atoms in total. The van der Waals surface area contributed by atoms with Gasteiger partial charge in [-0.15, -0.1) is 0 Å². The normalized spacial score (nSPS) is 20.9. The molecule has 1 aliphatic heterocycles. The number of aliphatic hydroxyl groups excluding tert-OH is 1. The second-order valence-corrected chi connectivity index (χ2v) is 7.88. The van der Waals surface area contributed by atoms with Gasteiger partial charge in [0.1, 0.15) is 18.2 Å². The van der Waals surface area contributed by atoms with Gasteiger partial charge in [0, 0.05) is 6.42 Å². The van der Waals surface area contributed by atoms with E-state index < -0.39 is 6.10 Å². The molecule has 6 rings (SSSR count). The van der Waals surface area contributed by atoms with Crippen LogP contribution in [0.2, 0.25) is 0 Å². The Balaban J connectivity index is 1.27. The van der Waals surface area contributed by atoms with E-state index in [9.17, 15) is 5.11 Å². The lowest BCUT2D eigenvalue weighted by Gasteiger charge is -2.39. The predicted octanol–water partition coefficient (Wildman–Crippen LogP) is 3.12. The van der Waals surface area contributed by atoms with Crippen molar-refractivity contribution in [2.45, 2.75) is 24.7 Å². The molecule has 0 spiro atoms. The van der Waals surface area contributed by atoms with Crippen molar-refractivity contribution < 1.29 is 9.84 Å². The topological polar surface area (TPSA) is 76.3 Å². The van der Waals surface area contributed by atoms with Gasteiger partial charge in [0.25, 0.3) is 0 Å². The van der Waals surface area contributed by atoms with E-state index in [0.717, 1.165) is 46.9 Å². The Morgan fingerprint density at radius 3 is 2.50 bits per heavy atom. The van der Waals surface area contributed by atoms with E-state index in [4.69, 9.17) is 4.74 Å². The molecule has 1 fully saturated rings. The first-order chi connectivity index (χ1) is 14.8. The summed E-state index contributed by atoms with van der Waals surface area (Å²) in [4.78, 5) is 15.8. The molecule has 30 heavy (non-hydrogen) atoms. The lowest BCUT2D eigenvalue weighted by atomic mass is 10.1. The van der Waals surface area contributed by atoms with Gasteiger partial charge in [0.05, 0.1) is 31.6 Å². The summed E-state index contributed by atoms with van der Waals surface area (Å²) in [5.74, 6) is 1.72. The van der Waals surface area contributed by atoms with Gasteiger partial charge < -0.3 is 19.3 Å². The third-order valence-corrected chi connectivity index (χ3v) is 6.03. The number of benzene rings is 2. The highest BCUT2D eigenvalue weighted by molar-refractivity contribution is 5.84. The van der Waals surface area contributed by atoms with Gasteiger partial charge in [0.15, 0.2) is 17.0 Å². The first kappa shape index (κ1) is 17.4. The summed E-state index contributed by atoms with van der Waals surface area (Å²) in [5.41, 5.74) is 3.70. The molecule has 1 saturated heterocycles. The van der Waals surface area contributed by atoms with E-state index in [-0.39, 0.29) is 12.1 Å². The lowest BCUT2D eigenvalue weighted by molar-refractivity contribution is 0.167. The van der Waals surface area contributed by atoms with E-state index in [1.807, 2.05) is 54.9 Å². The Morgan fingerprint density at radius 1 is 0.900 bits per heavy atom. The van der Waals surface area contributed by atoms with Crippen LogP contribution in [0.25, 0.3) is 11.2 Å². The number of para-hydroxylation sites is 1. The average molecular weight is 399 g/mol. The van der Waals surface area contributed by atoms with Crippen LogP contribution in [0.5, 0.6) is 5.75 Å². The van der Waals surface area contributed by atoms with Crippen LogP contribution in [-0.2, 0) is 0 Å². The minimum Gasteiger partial charge on any atom is -0.487 e. The first-order valence-corrected chi connectivity index (χ1v) is 10.2. The molecule has 150 valence electrons. The number of anilines is 1. The van der Waals surface area contributed by atoms with Crippen LogP contribution >= 0.6 is 0 Å². The monoisotopic (exact) mass is 399 g/mol. The van der Waals surface area contributed by atoms with Gasteiger partial charge >= 0.3 is 0 Å². The van der Waals surface area contributed by atoms with Crippen LogP contribution in [0.15, 0.2) is 67.3 Å². The molecular weight excluding hydrogens is 378 g/mol. The molecule has 0 amide bonds. The molecule has 2 atom stereocenters. The minimum absolute atomic E-state index is 0.0227. The van der Waals surface area contributed by atoms with Crippen molar-refractivity contribution in [1.82, 2.24) is 19.5 Å². The molecule has 0 bridgehead atoms. The Hall–Kier alpha value is -3.45. The van der Waals surface area contributed by atoms with Crippen molar-refractivity contribution >= 4 is 17.0 Å². The molecule has 2 aliphatic rings. The summed E-state index contributed by atoms with van der Waals surface area (Å²) in [6, 6.07) is 17.9. The summed E-state index contributed by atoms with van der Waals surface area (Å²) < 4.78 is 8.08. The van der Waals surface area contributed by atoms with Crippen LogP contribution < -0.4 is 9.64 Å². The standard InChI is InChI=1S/C23H21N5O2/c29-20-10-19(17-8-4-5-9-18(17)20)28-14-26-21-22(24-13-25-23(21)28)27-11-16(12-27)30-15-6-2-1-3-7-15/h1-9,13-14,16,19-20,29H,10-12H2. The SMILES string of the molecule is OC1CC(n2cnc3c(N4CC(Oc5ccccc5)C4)ncnc32)c2ccccc21. The smallest absolute Gasteiger partial charge is 0.166 e. The zero-order valence-corrected chi connectivity index (χ0v) is 16.3. The Bertz CT molecular complexity index is 1200. The van der Waals surface area contributed by atoms with Crippen molar-refractivity contribution in [2.24, 2.45) is 0 Å². The summed E-state index contributed by atoms with van der Waals surface area (Å²) in [6.45, 7) is 1.53. The largest absolute Gasteiger partial charge is 0.487 e. The van der Waals surface area contributed by atoms with Gasteiger partial charge in [0.2, 0.25) is 0 Å².